The molecule has 156 valence electrons. The van der Waals surface area contributed by atoms with Crippen LogP contribution in [0.5, 0.6) is 0 Å². The van der Waals surface area contributed by atoms with Gasteiger partial charge in [0.15, 0.2) is 0 Å². The summed E-state index contributed by atoms with van der Waals surface area (Å²) in [6.45, 7) is 8.11. The zero-order valence-electron chi connectivity index (χ0n) is 18.0. The second-order valence-electron chi connectivity index (χ2n) is 9.48. The molecule has 1 saturated heterocycles. The van der Waals surface area contributed by atoms with Gasteiger partial charge in [0.2, 0.25) is 5.91 Å². The third-order valence-corrected chi connectivity index (χ3v) is 6.98. The van der Waals surface area contributed by atoms with Crippen LogP contribution in [0.15, 0.2) is 0 Å². The Balaban J connectivity index is 1.56. The lowest BCUT2D eigenvalue weighted by atomic mass is 9.82. The Hall–Kier alpha value is -0.650. The summed E-state index contributed by atoms with van der Waals surface area (Å²) in [6, 6.07) is 1.36. The number of carbonyl (C=O) groups is 1. The molecule has 5 nitrogen and oxygen atoms in total. The molecule has 27 heavy (non-hydrogen) atoms. The van der Waals surface area contributed by atoms with E-state index in [-0.39, 0.29) is 5.91 Å². The molecule has 3 fully saturated rings. The van der Waals surface area contributed by atoms with Crippen molar-refractivity contribution < 1.29 is 9.53 Å². The molecule has 0 spiro atoms. The Labute approximate surface area is 166 Å². The Bertz CT molecular complexity index is 484. The summed E-state index contributed by atoms with van der Waals surface area (Å²) in [5.41, 5.74) is 0. The molecule has 0 N–H and O–H groups in total. The minimum Gasteiger partial charge on any atom is -0.377 e. The number of amides is 1. The van der Waals surface area contributed by atoms with Gasteiger partial charge in [-0.05, 0) is 59.0 Å². The first kappa shape index (κ1) is 21.1. The maximum atomic E-state index is 12.2. The van der Waals surface area contributed by atoms with Crippen LogP contribution >= 0.6 is 0 Å². The lowest BCUT2D eigenvalue weighted by Gasteiger charge is -2.53. The summed E-state index contributed by atoms with van der Waals surface area (Å²) in [7, 11) is 4.21. The molecular formula is C22H41N3O2. The maximum absolute atomic E-state index is 12.2. The third kappa shape index (κ3) is 5.45. The first-order chi connectivity index (χ1) is 13.0. The molecule has 2 saturated carbocycles. The SMILES string of the molecule is CC(=O)N1C2CCCCC2N(CC2CCCC(OCCN(C)C)C2)C[C@@H]1C. The van der Waals surface area contributed by atoms with E-state index in [1.807, 2.05) is 0 Å². The van der Waals surface area contributed by atoms with E-state index in [4.69, 9.17) is 4.74 Å². The van der Waals surface area contributed by atoms with Crippen LogP contribution in [0.4, 0.5) is 0 Å². The van der Waals surface area contributed by atoms with Gasteiger partial charge in [0.25, 0.3) is 0 Å². The molecule has 0 bridgehead atoms. The van der Waals surface area contributed by atoms with E-state index in [0.29, 0.717) is 24.2 Å². The first-order valence-corrected chi connectivity index (χ1v) is 11.2. The number of carbonyl (C=O) groups excluding carboxylic acids is 1. The van der Waals surface area contributed by atoms with Crippen LogP contribution in [0.3, 0.4) is 0 Å². The van der Waals surface area contributed by atoms with E-state index in [1.165, 1.54) is 57.9 Å². The van der Waals surface area contributed by atoms with Gasteiger partial charge in [0.1, 0.15) is 0 Å². The second-order valence-corrected chi connectivity index (χ2v) is 9.48. The molecule has 0 radical (unpaired) electrons. The molecule has 4 unspecified atom stereocenters. The molecule has 1 aliphatic heterocycles. The summed E-state index contributed by atoms with van der Waals surface area (Å²) >= 11 is 0. The number of rotatable bonds is 6. The molecule has 0 aromatic heterocycles. The largest absolute Gasteiger partial charge is 0.377 e. The van der Waals surface area contributed by atoms with Crippen molar-refractivity contribution in [1.29, 1.82) is 0 Å². The lowest BCUT2D eigenvalue weighted by Crippen LogP contribution is -2.65. The highest BCUT2D eigenvalue weighted by Crippen LogP contribution is 2.35. The van der Waals surface area contributed by atoms with Gasteiger partial charge in [-0.3, -0.25) is 9.69 Å². The van der Waals surface area contributed by atoms with E-state index in [2.05, 4.69) is 35.7 Å². The molecule has 5 heteroatoms. The van der Waals surface area contributed by atoms with Crippen molar-refractivity contribution in [3.8, 4) is 0 Å². The summed E-state index contributed by atoms with van der Waals surface area (Å²) < 4.78 is 6.18. The zero-order valence-corrected chi connectivity index (χ0v) is 18.0. The van der Waals surface area contributed by atoms with E-state index >= 15 is 0 Å². The molecule has 3 rings (SSSR count). The second kappa shape index (κ2) is 9.71. The molecule has 1 heterocycles. The van der Waals surface area contributed by atoms with Crippen LogP contribution in [0.1, 0.15) is 65.2 Å². The van der Waals surface area contributed by atoms with Crippen LogP contribution in [0.25, 0.3) is 0 Å². The number of fused-ring (bicyclic) bond motifs is 1. The molecule has 2 aliphatic carbocycles. The average Bonchev–Trinajstić information content (AvgIpc) is 2.61. The minimum absolute atomic E-state index is 0.270. The van der Waals surface area contributed by atoms with E-state index in [9.17, 15) is 4.79 Å². The third-order valence-electron chi connectivity index (χ3n) is 6.98. The minimum atomic E-state index is 0.270. The Morgan fingerprint density at radius 1 is 1.07 bits per heavy atom. The number of piperazine rings is 1. The number of hydrogen-bond acceptors (Lipinski definition) is 4. The zero-order chi connectivity index (χ0) is 19.4. The maximum Gasteiger partial charge on any atom is 0.220 e. The Kier molecular flexibility index (Phi) is 7.57. The highest BCUT2D eigenvalue weighted by atomic mass is 16.5. The number of ether oxygens (including phenoxy) is 1. The molecular weight excluding hydrogens is 338 g/mol. The van der Waals surface area contributed by atoms with Crippen molar-refractivity contribution >= 4 is 5.91 Å². The van der Waals surface area contributed by atoms with Gasteiger partial charge >= 0.3 is 0 Å². The van der Waals surface area contributed by atoms with Gasteiger partial charge in [0.05, 0.1) is 12.7 Å². The summed E-state index contributed by atoms with van der Waals surface area (Å²) in [6.07, 6.45) is 10.6. The molecule has 5 atom stereocenters. The topological polar surface area (TPSA) is 36.0 Å². The van der Waals surface area contributed by atoms with E-state index in [1.54, 1.807) is 6.92 Å². The van der Waals surface area contributed by atoms with Crippen molar-refractivity contribution in [2.75, 3.05) is 40.3 Å². The molecule has 1 amide bonds. The summed E-state index contributed by atoms with van der Waals surface area (Å²) in [4.78, 5) is 19.4. The molecule has 3 aliphatic rings. The quantitative estimate of drug-likeness (QED) is 0.711. The Morgan fingerprint density at radius 3 is 2.52 bits per heavy atom. The number of nitrogens with zero attached hydrogens (tertiary/aromatic N) is 3. The van der Waals surface area contributed by atoms with Crippen LogP contribution in [-0.4, -0.2) is 85.2 Å². The fourth-order valence-corrected chi connectivity index (χ4v) is 5.78. The number of hydrogen-bond donors (Lipinski definition) is 0. The van der Waals surface area contributed by atoms with Crippen molar-refractivity contribution in [2.45, 2.75) is 89.4 Å². The fourth-order valence-electron chi connectivity index (χ4n) is 5.78. The van der Waals surface area contributed by atoms with Gasteiger partial charge in [-0.1, -0.05) is 19.3 Å². The summed E-state index contributed by atoms with van der Waals surface area (Å²) in [5, 5.41) is 0. The van der Waals surface area contributed by atoms with E-state index in [0.717, 1.165) is 25.6 Å². The predicted octanol–water partition coefficient (Wildman–Crippen LogP) is 2.99. The van der Waals surface area contributed by atoms with Crippen molar-refractivity contribution in [3.05, 3.63) is 0 Å². The van der Waals surface area contributed by atoms with E-state index < -0.39 is 0 Å². The Morgan fingerprint density at radius 2 is 1.81 bits per heavy atom. The molecule has 0 aromatic carbocycles. The van der Waals surface area contributed by atoms with Crippen molar-refractivity contribution in [3.63, 3.8) is 0 Å². The van der Waals surface area contributed by atoms with Crippen LogP contribution in [0.2, 0.25) is 0 Å². The van der Waals surface area contributed by atoms with Gasteiger partial charge in [-0.2, -0.15) is 0 Å². The smallest absolute Gasteiger partial charge is 0.220 e. The number of likely N-dealkylation sites (N-methyl/N-ethyl adjacent to an activating group) is 1. The standard InChI is InChI=1S/C22H41N3O2/c1-17-15-24(21-10-5-6-11-22(21)25(17)18(2)26)16-19-8-7-9-20(14-19)27-13-12-23(3)4/h17,19-22H,5-16H2,1-4H3/t17-,19?,20?,21?,22?/m0/s1. The van der Waals surface area contributed by atoms with Crippen LogP contribution in [0, 0.1) is 5.92 Å². The highest BCUT2D eigenvalue weighted by molar-refractivity contribution is 5.74. The normalized spacial score (nSPS) is 35.3. The predicted molar refractivity (Wildman–Crippen MR) is 110 cm³/mol. The van der Waals surface area contributed by atoms with Crippen molar-refractivity contribution in [1.82, 2.24) is 14.7 Å². The fraction of sp³-hybridized carbons (Fsp3) is 0.955. The average molecular weight is 380 g/mol. The van der Waals surface area contributed by atoms with Gasteiger partial charge in [-0.25, -0.2) is 0 Å². The highest BCUT2D eigenvalue weighted by Gasteiger charge is 2.43. The van der Waals surface area contributed by atoms with Crippen LogP contribution in [-0.2, 0) is 9.53 Å². The van der Waals surface area contributed by atoms with Gasteiger partial charge < -0.3 is 14.5 Å². The monoisotopic (exact) mass is 379 g/mol. The summed E-state index contributed by atoms with van der Waals surface area (Å²) in [5.74, 6) is 1.02. The van der Waals surface area contributed by atoms with Gasteiger partial charge in [0, 0.05) is 44.7 Å². The van der Waals surface area contributed by atoms with Gasteiger partial charge in [-0.15, -0.1) is 0 Å². The molecule has 0 aromatic rings. The van der Waals surface area contributed by atoms with Crippen molar-refractivity contribution in [2.24, 2.45) is 5.92 Å². The lowest BCUT2D eigenvalue weighted by molar-refractivity contribution is -0.142. The van der Waals surface area contributed by atoms with Crippen LogP contribution < -0.4 is 0 Å². The first-order valence-electron chi connectivity index (χ1n) is 11.2.